The molecule has 0 spiro atoms. The van der Waals surface area contributed by atoms with Crippen molar-refractivity contribution in [2.75, 3.05) is 16.8 Å². The minimum Gasteiger partial charge on any atom is -0.319 e. The van der Waals surface area contributed by atoms with Crippen LogP contribution < -0.4 is 16.0 Å². The highest BCUT2D eigenvalue weighted by Gasteiger charge is 2.36. The quantitative estimate of drug-likeness (QED) is 0.633. The van der Waals surface area contributed by atoms with E-state index in [4.69, 9.17) is 17.3 Å². The molecule has 0 aliphatic carbocycles. The molecule has 11 heteroatoms. The van der Waals surface area contributed by atoms with Gasteiger partial charge in [-0.1, -0.05) is 29.8 Å². The molecule has 1 aliphatic rings. The summed E-state index contributed by atoms with van der Waals surface area (Å²) in [6, 6.07) is 11.4. The van der Waals surface area contributed by atoms with Gasteiger partial charge in [0.2, 0.25) is 0 Å². The zero-order valence-corrected chi connectivity index (χ0v) is 16.5. The van der Waals surface area contributed by atoms with Gasteiger partial charge in [0.25, 0.3) is 11.8 Å². The van der Waals surface area contributed by atoms with E-state index in [9.17, 15) is 22.8 Å². The Balaban J connectivity index is 1.66. The summed E-state index contributed by atoms with van der Waals surface area (Å²) in [5.74, 6) is -1.04. The number of halogens is 4. The van der Waals surface area contributed by atoms with Crippen LogP contribution in [-0.4, -0.2) is 28.1 Å². The molecule has 0 bridgehead atoms. The number of nitrogens with one attached hydrogen (secondary N) is 1. The summed E-state index contributed by atoms with van der Waals surface area (Å²) in [5, 5.41) is 6.17. The normalized spacial score (nSPS) is 16.2. The number of aromatic nitrogens is 2. The first kappa shape index (κ1) is 20.9. The van der Waals surface area contributed by atoms with Gasteiger partial charge in [0.15, 0.2) is 5.69 Å². The lowest BCUT2D eigenvalue weighted by Gasteiger charge is -2.32. The standard InChI is InChI=1S/C20H15ClF3N5O2/c21-14-8-12(6-7-13(14)20(22,23)24)28-10-16(25)29-17(19(28)31)15(9-26-29)27-18(30)11-4-2-1-3-5-11/h1-9,16H,10,25H2,(H,27,30). The number of carbonyl (C=O) groups is 2. The Hall–Kier alpha value is -3.37. The average molecular weight is 450 g/mol. The van der Waals surface area contributed by atoms with E-state index in [1.54, 1.807) is 30.3 Å². The molecule has 4 rings (SSSR count). The van der Waals surface area contributed by atoms with Gasteiger partial charge in [0, 0.05) is 11.3 Å². The second kappa shape index (κ2) is 7.71. The van der Waals surface area contributed by atoms with Crippen LogP contribution in [-0.2, 0) is 6.18 Å². The minimum atomic E-state index is -4.62. The van der Waals surface area contributed by atoms with E-state index in [0.29, 0.717) is 5.56 Å². The van der Waals surface area contributed by atoms with Crippen molar-refractivity contribution in [2.45, 2.75) is 12.3 Å². The predicted molar refractivity (Wildman–Crippen MR) is 108 cm³/mol. The highest BCUT2D eigenvalue weighted by Crippen LogP contribution is 2.37. The Morgan fingerprint density at radius 2 is 1.90 bits per heavy atom. The molecule has 2 aromatic carbocycles. The van der Waals surface area contributed by atoms with Gasteiger partial charge >= 0.3 is 6.18 Å². The van der Waals surface area contributed by atoms with E-state index in [1.165, 1.54) is 15.8 Å². The minimum absolute atomic E-state index is 0.0130. The summed E-state index contributed by atoms with van der Waals surface area (Å²) in [6.07, 6.45) is -4.10. The molecule has 1 aliphatic heterocycles. The fourth-order valence-corrected chi connectivity index (χ4v) is 3.58. The number of alkyl halides is 3. The van der Waals surface area contributed by atoms with Gasteiger partial charge in [-0.15, -0.1) is 0 Å². The summed E-state index contributed by atoms with van der Waals surface area (Å²) in [6.45, 7) is -0.0404. The molecule has 3 aromatic rings. The molecule has 160 valence electrons. The lowest BCUT2D eigenvalue weighted by Crippen LogP contribution is -2.46. The number of benzene rings is 2. The van der Waals surface area contributed by atoms with Crippen molar-refractivity contribution in [3.63, 3.8) is 0 Å². The van der Waals surface area contributed by atoms with Crippen molar-refractivity contribution in [3.05, 3.63) is 76.6 Å². The average Bonchev–Trinajstić information content (AvgIpc) is 3.15. The van der Waals surface area contributed by atoms with Crippen LogP contribution >= 0.6 is 11.6 Å². The summed E-state index contributed by atoms with van der Waals surface area (Å²) in [7, 11) is 0. The number of amides is 2. The summed E-state index contributed by atoms with van der Waals surface area (Å²) < 4.78 is 40.3. The zero-order valence-electron chi connectivity index (χ0n) is 15.7. The van der Waals surface area contributed by atoms with Crippen molar-refractivity contribution in [2.24, 2.45) is 5.73 Å². The second-order valence-corrected chi connectivity index (χ2v) is 7.22. The number of carbonyl (C=O) groups excluding carboxylic acids is 2. The van der Waals surface area contributed by atoms with Crippen molar-refractivity contribution in [1.29, 1.82) is 0 Å². The van der Waals surface area contributed by atoms with Gasteiger partial charge < -0.3 is 16.0 Å². The fraction of sp³-hybridized carbons (Fsp3) is 0.150. The van der Waals surface area contributed by atoms with E-state index in [2.05, 4.69) is 10.4 Å². The summed E-state index contributed by atoms with van der Waals surface area (Å²) in [4.78, 5) is 26.8. The third-order valence-corrected chi connectivity index (χ3v) is 5.09. The maximum absolute atomic E-state index is 13.1. The van der Waals surface area contributed by atoms with Crippen molar-refractivity contribution in [3.8, 4) is 0 Å². The van der Waals surface area contributed by atoms with Crippen molar-refractivity contribution < 1.29 is 22.8 Å². The summed E-state index contributed by atoms with van der Waals surface area (Å²) >= 11 is 5.80. The third kappa shape index (κ3) is 3.87. The lowest BCUT2D eigenvalue weighted by atomic mass is 10.1. The molecule has 2 amide bonds. The molecule has 1 atom stereocenters. The molecule has 1 unspecified atom stereocenters. The largest absolute Gasteiger partial charge is 0.417 e. The molecule has 2 heterocycles. The number of hydrogen-bond donors (Lipinski definition) is 2. The smallest absolute Gasteiger partial charge is 0.319 e. The number of nitrogens with two attached hydrogens (primary N) is 1. The Kier molecular flexibility index (Phi) is 5.19. The Morgan fingerprint density at radius 1 is 1.19 bits per heavy atom. The SMILES string of the molecule is NC1CN(c2ccc(C(F)(F)F)c(Cl)c2)C(=O)c2c(NC(=O)c3ccccc3)cnn21. The molecule has 1 aromatic heterocycles. The number of nitrogens with zero attached hydrogens (tertiary/aromatic N) is 3. The molecule has 0 radical (unpaired) electrons. The topological polar surface area (TPSA) is 93.2 Å². The van der Waals surface area contributed by atoms with Gasteiger partial charge in [-0.05, 0) is 30.3 Å². The van der Waals surface area contributed by atoms with Crippen molar-refractivity contribution >= 4 is 34.8 Å². The molecule has 0 saturated heterocycles. The van der Waals surface area contributed by atoms with Crippen LogP contribution in [0, 0.1) is 0 Å². The number of fused-ring (bicyclic) bond motifs is 1. The molecule has 7 nitrogen and oxygen atoms in total. The monoisotopic (exact) mass is 449 g/mol. The van der Waals surface area contributed by atoms with Gasteiger partial charge in [0.1, 0.15) is 6.17 Å². The van der Waals surface area contributed by atoms with Crippen molar-refractivity contribution in [1.82, 2.24) is 9.78 Å². The van der Waals surface area contributed by atoms with Gasteiger partial charge in [-0.25, -0.2) is 4.68 Å². The molecule has 0 fully saturated rings. The Labute approximate surface area is 179 Å². The predicted octanol–water partition coefficient (Wildman–Crippen LogP) is 3.93. The van der Waals surface area contributed by atoms with Crippen LogP contribution in [0.2, 0.25) is 5.02 Å². The molecule has 3 N–H and O–H groups in total. The lowest BCUT2D eigenvalue weighted by molar-refractivity contribution is -0.137. The van der Waals surface area contributed by atoms with E-state index in [0.717, 1.165) is 18.2 Å². The van der Waals surface area contributed by atoms with E-state index in [-0.39, 0.29) is 23.6 Å². The van der Waals surface area contributed by atoms with Crippen LogP contribution in [0.3, 0.4) is 0 Å². The van der Waals surface area contributed by atoms with Gasteiger partial charge in [-0.2, -0.15) is 18.3 Å². The zero-order chi connectivity index (χ0) is 22.3. The van der Waals surface area contributed by atoms with E-state index >= 15 is 0 Å². The first-order valence-electron chi connectivity index (χ1n) is 9.05. The summed E-state index contributed by atoms with van der Waals surface area (Å²) in [5.41, 5.74) is 5.77. The van der Waals surface area contributed by atoms with Gasteiger partial charge in [-0.3, -0.25) is 9.59 Å². The molecule has 31 heavy (non-hydrogen) atoms. The second-order valence-electron chi connectivity index (χ2n) is 6.82. The molecular weight excluding hydrogens is 435 g/mol. The maximum atomic E-state index is 13.1. The Morgan fingerprint density at radius 3 is 2.55 bits per heavy atom. The molecule has 0 saturated carbocycles. The third-order valence-electron chi connectivity index (χ3n) is 4.78. The highest BCUT2D eigenvalue weighted by molar-refractivity contribution is 6.31. The Bertz CT molecular complexity index is 1160. The first-order chi connectivity index (χ1) is 14.7. The van der Waals surface area contributed by atoms with E-state index < -0.39 is 34.7 Å². The maximum Gasteiger partial charge on any atom is 0.417 e. The first-order valence-corrected chi connectivity index (χ1v) is 9.42. The van der Waals surface area contributed by atoms with Crippen LogP contribution in [0.25, 0.3) is 0 Å². The fourth-order valence-electron chi connectivity index (χ4n) is 3.30. The van der Waals surface area contributed by atoms with Crippen LogP contribution in [0.4, 0.5) is 24.5 Å². The van der Waals surface area contributed by atoms with Crippen LogP contribution in [0.1, 0.15) is 32.6 Å². The van der Waals surface area contributed by atoms with Crippen LogP contribution in [0.15, 0.2) is 54.7 Å². The van der Waals surface area contributed by atoms with Crippen LogP contribution in [0.5, 0.6) is 0 Å². The van der Waals surface area contributed by atoms with E-state index in [1.807, 2.05) is 0 Å². The molecular formula is C20H15ClF3N5O2. The number of rotatable bonds is 3. The van der Waals surface area contributed by atoms with Gasteiger partial charge in [0.05, 0.1) is 29.0 Å². The highest BCUT2D eigenvalue weighted by atomic mass is 35.5. The number of anilines is 2. The number of hydrogen-bond acceptors (Lipinski definition) is 4.